The molecule has 0 spiro atoms. The SMILES string of the molecule is CCCCCNS(=O)(=O)c1ccc(C(C)=O)cc1. The summed E-state index contributed by atoms with van der Waals surface area (Å²) in [5.74, 6) is -0.0742. The lowest BCUT2D eigenvalue weighted by Gasteiger charge is -2.06. The van der Waals surface area contributed by atoms with E-state index in [-0.39, 0.29) is 10.7 Å². The van der Waals surface area contributed by atoms with Gasteiger partial charge in [0.1, 0.15) is 0 Å². The van der Waals surface area contributed by atoms with Crippen molar-refractivity contribution in [3.8, 4) is 0 Å². The number of carbonyl (C=O) groups excluding carboxylic acids is 1. The van der Waals surface area contributed by atoms with Gasteiger partial charge >= 0.3 is 0 Å². The van der Waals surface area contributed by atoms with E-state index < -0.39 is 10.0 Å². The average Bonchev–Trinajstić information content (AvgIpc) is 2.35. The molecule has 18 heavy (non-hydrogen) atoms. The first-order valence-electron chi connectivity index (χ1n) is 6.08. The van der Waals surface area contributed by atoms with Crippen molar-refractivity contribution in [3.63, 3.8) is 0 Å². The molecule has 0 bridgehead atoms. The van der Waals surface area contributed by atoms with Gasteiger partial charge in [-0.15, -0.1) is 0 Å². The average molecular weight is 269 g/mol. The van der Waals surface area contributed by atoms with Crippen LogP contribution in [0, 0.1) is 0 Å². The molecule has 1 N–H and O–H groups in total. The van der Waals surface area contributed by atoms with Crippen LogP contribution < -0.4 is 4.72 Å². The molecule has 0 saturated carbocycles. The Kier molecular flexibility index (Phi) is 5.50. The summed E-state index contributed by atoms with van der Waals surface area (Å²) in [4.78, 5) is 11.3. The Morgan fingerprint density at radius 2 is 1.78 bits per heavy atom. The van der Waals surface area contributed by atoms with Gasteiger partial charge < -0.3 is 0 Å². The maximum absolute atomic E-state index is 11.9. The molecule has 0 aliphatic heterocycles. The topological polar surface area (TPSA) is 63.2 Å². The minimum absolute atomic E-state index is 0.0742. The van der Waals surface area contributed by atoms with Crippen molar-refractivity contribution in [2.45, 2.75) is 38.0 Å². The van der Waals surface area contributed by atoms with E-state index in [1.54, 1.807) is 0 Å². The van der Waals surface area contributed by atoms with Gasteiger partial charge in [-0.1, -0.05) is 31.9 Å². The van der Waals surface area contributed by atoms with Crippen molar-refractivity contribution < 1.29 is 13.2 Å². The predicted octanol–water partition coefficient (Wildman–Crippen LogP) is 2.36. The minimum atomic E-state index is -3.44. The van der Waals surface area contributed by atoms with Gasteiger partial charge in [-0.25, -0.2) is 13.1 Å². The third kappa shape index (κ3) is 4.23. The summed E-state index contributed by atoms with van der Waals surface area (Å²) in [5.41, 5.74) is 0.514. The first kappa shape index (κ1) is 14.9. The first-order chi connectivity index (χ1) is 8.47. The van der Waals surface area contributed by atoms with E-state index in [9.17, 15) is 13.2 Å². The number of sulfonamides is 1. The molecule has 1 aromatic rings. The van der Waals surface area contributed by atoms with Crippen molar-refractivity contribution in [3.05, 3.63) is 29.8 Å². The minimum Gasteiger partial charge on any atom is -0.295 e. The lowest BCUT2D eigenvalue weighted by atomic mass is 10.2. The number of carbonyl (C=O) groups is 1. The summed E-state index contributed by atoms with van der Waals surface area (Å²) in [6.45, 7) is 3.96. The largest absolute Gasteiger partial charge is 0.295 e. The third-order valence-corrected chi connectivity index (χ3v) is 4.12. The van der Waals surface area contributed by atoms with E-state index in [0.717, 1.165) is 19.3 Å². The second-order valence-electron chi connectivity index (χ2n) is 4.19. The fourth-order valence-electron chi connectivity index (χ4n) is 1.53. The van der Waals surface area contributed by atoms with Gasteiger partial charge in [-0.3, -0.25) is 4.79 Å². The van der Waals surface area contributed by atoms with Crippen LogP contribution in [0.15, 0.2) is 29.2 Å². The second kappa shape index (κ2) is 6.66. The molecular weight excluding hydrogens is 250 g/mol. The fraction of sp³-hybridized carbons (Fsp3) is 0.462. The molecular formula is C13H19NO3S. The highest BCUT2D eigenvalue weighted by Gasteiger charge is 2.13. The highest BCUT2D eigenvalue weighted by molar-refractivity contribution is 7.89. The third-order valence-electron chi connectivity index (χ3n) is 2.64. The summed E-state index contributed by atoms with van der Waals surface area (Å²) >= 11 is 0. The van der Waals surface area contributed by atoms with Crippen LogP contribution in [0.3, 0.4) is 0 Å². The van der Waals surface area contributed by atoms with Gasteiger partial charge in [0, 0.05) is 12.1 Å². The summed E-state index contributed by atoms with van der Waals surface area (Å²) in [6, 6.07) is 5.98. The van der Waals surface area contributed by atoms with Crippen molar-refractivity contribution in [2.24, 2.45) is 0 Å². The molecule has 0 fully saturated rings. The van der Waals surface area contributed by atoms with Crippen molar-refractivity contribution in [1.82, 2.24) is 4.72 Å². The standard InChI is InChI=1S/C13H19NO3S/c1-3-4-5-10-14-18(16,17)13-8-6-12(7-9-13)11(2)15/h6-9,14H,3-5,10H2,1-2H3. The molecule has 1 aromatic carbocycles. The van der Waals surface area contributed by atoms with Gasteiger partial charge in [0.15, 0.2) is 5.78 Å². The molecule has 100 valence electrons. The number of unbranched alkanes of at least 4 members (excludes halogenated alkanes) is 2. The van der Waals surface area contributed by atoms with Crippen LogP contribution in [0.4, 0.5) is 0 Å². The number of hydrogen-bond acceptors (Lipinski definition) is 3. The zero-order valence-electron chi connectivity index (χ0n) is 10.8. The first-order valence-corrected chi connectivity index (χ1v) is 7.56. The summed E-state index contributed by atoms with van der Waals surface area (Å²) in [5, 5.41) is 0. The summed E-state index contributed by atoms with van der Waals surface area (Å²) < 4.78 is 26.3. The van der Waals surface area contributed by atoms with Crippen LogP contribution in [0.2, 0.25) is 0 Å². The lowest BCUT2D eigenvalue weighted by Crippen LogP contribution is -2.24. The van der Waals surface area contributed by atoms with E-state index in [4.69, 9.17) is 0 Å². The Morgan fingerprint density at radius 3 is 2.28 bits per heavy atom. The normalized spacial score (nSPS) is 11.4. The van der Waals surface area contributed by atoms with Crippen LogP contribution in [-0.2, 0) is 10.0 Å². The van der Waals surface area contributed by atoms with Crippen molar-refractivity contribution in [2.75, 3.05) is 6.54 Å². The van der Waals surface area contributed by atoms with E-state index in [2.05, 4.69) is 11.6 Å². The van der Waals surface area contributed by atoms with Crippen LogP contribution in [0.25, 0.3) is 0 Å². The lowest BCUT2D eigenvalue weighted by molar-refractivity contribution is 0.101. The monoisotopic (exact) mass is 269 g/mol. The second-order valence-corrected chi connectivity index (χ2v) is 5.95. The molecule has 1 rings (SSSR count). The maximum atomic E-state index is 11.9. The molecule has 4 nitrogen and oxygen atoms in total. The molecule has 0 radical (unpaired) electrons. The van der Waals surface area contributed by atoms with E-state index in [0.29, 0.717) is 12.1 Å². The van der Waals surface area contributed by atoms with Gasteiger partial charge in [0.25, 0.3) is 0 Å². The smallest absolute Gasteiger partial charge is 0.240 e. The predicted molar refractivity (Wildman–Crippen MR) is 71.2 cm³/mol. The van der Waals surface area contributed by atoms with Gasteiger partial charge in [0.2, 0.25) is 10.0 Å². The summed E-state index contributed by atoms with van der Waals surface area (Å²) in [7, 11) is -3.44. The van der Waals surface area contributed by atoms with Crippen LogP contribution >= 0.6 is 0 Å². The molecule has 0 atom stereocenters. The molecule has 0 aliphatic carbocycles. The molecule has 0 unspecified atom stereocenters. The quantitative estimate of drug-likeness (QED) is 0.610. The highest BCUT2D eigenvalue weighted by atomic mass is 32.2. The van der Waals surface area contributed by atoms with Crippen molar-refractivity contribution >= 4 is 15.8 Å². The molecule has 0 aliphatic rings. The number of rotatable bonds is 7. The van der Waals surface area contributed by atoms with Crippen LogP contribution in [-0.4, -0.2) is 20.7 Å². The van der Waals surface area contributed by atoms with Gasteiger partial charge in [-0.05, 0) is 25.5 Å². The van der Waals surface area contributed by atoms with E-state index in [1.807, 2.05) is 0 Å². The maximum Gasteiger partial charge on any atom is 0.240 e. The van der Waals surface area contributed by atoms with Crippen LogP contribution in [0.1, 0.15) is 43.5 Å². The molecule has 0 aromatic heterocycles. The Morgan fingerprint density at radius 1 is 1.17 bits per heavy atom. The van der Waals surface area contributed by atoms with Gasteiger partial charge in [-0.2, -0.15) is 0 Å². The summed E-state index contributed by atoms with van der Waals surface area (Å²) in [6.07, 6.45) is 2.89. The Labute approximate surface area is 108 Å². The Balaban J connectivity index is 2.70. The number of Topliss-reactive ketones (excluding diaryl/α,β-unsaturated/α-hetero) is 1. The Hall–Kier alpha value is -1.20. The zero-order valence-corrected chi connectivity index (χ0v) is 11.6. The number of benzene rings is 1. The molecule has 0 saturated heterocycles. The number of hydrogen-bond donors (Lipinski definition) is 1. The van der Waals surface area contributed by atoms with Gasteiger partial charge in [0.05, 0.1) is 4.90 Å². The van der Waals surface area contributed by atoms with Crippen molar-refractivity contribution in [1.29, 1.82) is 0 Å². The van der Waals surface area contributed by atoms with E-state index >= 15 is 0 Å². The van der Waals surface area contributed by atoms with Crippen LogP contribution in [0.5, 0.6) is 0 Å². The molecule has 0 amide bonds. The molecule has 0 heterocycles. The molecule has 5 heteroatoms. The zero-order chi connectivity index (χ0) is 13.6. The fourth-order valence-corrected chi connectivity index (χ4v) is 2.61. The Bertz CT molecular complexity index is 491. The number of nitrogens with one attached hydrogen (secondary N) is 1. The highest BCUT2D eigenvalue weighted by Crippen LogP contribution is 2.11. The van der Waals surface area contributed by atoms with E-state index in [1.165, 1.54) is 31.2 Å². The number of ketones is 1.